The lowest BCUT2D eigenvalue weighted by Crippen LogP contribution is -3.28. The Kier molecular flexibility index (Phi) is 6.56. The first-order chi connectivity index (χ1) is 11.6. The molecule has 2 aliphatic rings. The van der Waals surface area contributed by atoms with Crippen molar-refractivity contribution in [2.24, 2.45) is 5.92 Å². The Labute approximate surface area is 154 Å². The smallest absolute Gasteiger partial charge is 0.275 e. The molecule has 0 bridgehead atoms. The van der Waals surface area contributed by atoms with Gasteiger partial charge in [-0.15, -0.1) is 11.3 Å². The number of quaternary nitrogens is 2. The number of halogens is 1. The summed E-state index contributed by atoms with van der Waals surface area (Å²) in [6.07, 6.45) is 4.99. The van der Waals surface area contributed by atoms with E-state index in [4.69, 9.17) is 11.6 Å². The second-order valence-electron chi connectivity index (χ2n) is 7.50. The molecule has 0 radical (unpaired) electrons. The molecular weight excluding hydrogens is 342 g/mol. The van der Waals surface area contributed by atoms with Crippen molar-refractivity contribution in [1.82, 2.24) is 5.32 Å². The Morgan fingerprint density at radius 2 is 1.92 bits per heavy atom. The number of carbonyl (C=O) groups is 1. The highest BCUT2D eigenvalue weighted by atomic mass is 35.5. The maximum Gasteiger partial charge on any atom is 0.275 e. The van der Waals surface area contributed by atoms with Crippen LogP contribution in [-0.2, 0) is 11.3 Å². The lowest BCUT2D eigenvalue weighted by Gasteiger charge is -2.31. The Bertz CT molecular complexity index is 542. The molecular formula is C18H30ClN3OS+2. The van der Waals surface area contributed by atoms with Crippen molar-refractivity contribution in [3.8, 4) is 0 Å². The fraction of sp³-hybridized carbons (Fsp3) is 0.722. The zero-order chi connectivity index (χ0) is 16.9. The van der Waals surface area contributed by atoms with Crippen LogP contribution in [0.1, 0.15) is 37.5 Å². The van der Waals surface area contributed by atoms with E-state index in [-0.39, 0.29) is 5.91 Å². The minimum absolute atomic E-state index is 0.247. The second-order valence-corrected chi connectivity index (χ2v) is 9.29. The van der Waals surface area contributed by atoms with E-state index in [0.29, 0.717) is 18.5 Å². The topological polar surface area (TPSA) is 38.0 Å². The van der Waals surface area contributed by atoms with Crippen LogP contribution in [0.15, 0.2) is 12.1 Å². The Morgan fingerprint density at radius 1 is 1.21 bits per heavy atom. The molecule has 1 aliphatic heterocycles. The SMILES string of the molecule is C[C@H]1CCCC[C@H]1NC(=O)C[NH+]1CC[NH+](Cc2ccc(Cl)s2)CC1. The van der Waals surface area contributed by atoms with Crippen LogP contribution < -0.4 is 15.1 Å². The van der Waals surface area contributed by atoms with Gasteiger partial charge >= 0.3 is 0 Å². The minimum Gasteiger partial charge on any atom is -0.348 e. The summed E-state index contributed by atoms with van der Waals surface area (Å²) in [4.78, 5) is 16.8. The summed E-state index contributed by atoms with van der Waals surface area (Å²) < 4.78 is 0.877. The monoisotopic (exact) mass is 371 g/mol. The molecule has 2 fully saturated rings. The summed E-state index contributed by atoms with van der Waals surface area (Å²) >= 11 is 7.70. The van der Waals surface area contributed by atoms with Gasteiger partial charge in [-0.1, -0.05) is 31.4 Å². The van der Waals surface area contributed by atoms with Crippen molar-refractivity contribution < 1.29 is 14.6 Å². The molecule has 3 rings (SSSR count). The maximum absolute atomic E-state index is 12.3. The third kappa shape index (κ3) is 5.19. The predicted octanol–water partition coefficient (Wildman–Crippen LogP) is 0.380. The van der Waals surface area contributed by atoms with E-state index in [1.165, 1.54) is 29.0 Å². The summed E-state index contributed by atoms with van der Waals surface area (Å²) in [6.45, 7) is 8.42. The standard InChI is InChI=1S/C18H28ClN3OS/c1-14-4-2-3-5-16(14)20-18(23)13-22-10-8-21(9-11-22)12-15-6-7-17(19)24-15/h6-7,14,16H,2-5,8-13H2,1H3,(H,20,23)/p+2/t14-,16+/m0/s1. The summed E-state index contributed by atoms with van der Waals surface area (Å²) in [5, 5.41) is 3.29. The minimum atomic E-state index is 0.247. The molecule has 1 saturated heterocycles. The van der Waals surface area contributed by atoms with E-state index in [1.807, 2.05) is 6.07 Å². The summed E-state index contributed by atoms with van der Waals surface area (Å²) in [5.41, 5.74) is 0. The molecule has 1 aliphatic carbocycles. The predicted molar refractivity (Wildman–Crippen MR) is 98.9 cm³/mol. The second kappa shape index (κ2) is 8.65. The van der Waals surface area contributed by atoms with Crippen LogP contribution in [0.4, 0.5) is 0 Å². The highest BCUT2D eigenvalue weighted by molar-refractivity contribution is 7.16. The van der Waals surface area contributed by atoms with E-state index in [0.717, 1.165) is 43.5 Å². The van der Waals surface area contributed by atoms with Crippen molar-refractivity contribution >= 4 is 28.8 Å². The van der Waals surface area contributed by atoms with Crippen LogP contribution >= 0.6 is 22.9 Å². The highest BCUT2D eigenvalue weighted by Gasteiger charge is 2.27. The van der Waals surface area contributed by atoms with Crippen LogP contribution in [-0.4, -0.2) is 44.7 Å². The summed E-state index contributed by atoms with van der Waals surface area (Å²) in [5.74, 6) is 0.883. The zero-order valence-electron chi connectivity index (χ0n) is 14.6. The molecule has 24 heavy (non-hydrogen) atoms. The average Bonchev–Trinajstić information content (AvgIpc) is 2.96. The number of hydrogen-bond donors (Lipinski definition) is 3. The first kappa shape index (κ1) is 18.2. The van der Waals surface area contributed by atoms with Crippen molar-refractivity contribution in [3.05, 3.63) is 21.3 Å². The number of amides is 1. The van der Waals surface area contributed by atoms with E-state index >= 15 is 0 Å². The van der Waals surface area contributed by atoms with Gasteiger partial charge in [0.15, 0.2) is 6.54 Å². The summed E-state index contributed by atoms with van der Waals surface area (Å²) in [6, 6.07) is 4.53. The van der Waals surface area contributed by atoms with Crippen molar-refractivity contribution in [1.29, 1.82) is 0 Å². The number of nitrogens with one attached hydrogen (secondary N) is 3. The normalized spacial score (nSPS) is 30.9. The van der Waals surface area contributed by atoms with Gasteiger partial charge in [-0.3, -0.25) is 4.79 Å². The molecule has 4 nitrogen and oxygen atoms in total. The first-order valence-electron chi connectivity index (χ1n) is 9.31. The molecule has 6 heteroatoms. The fourth-order valence-electron chi connectivity index (χ4n) is 4.02. The van der Waals surface area contributed by atoms with Gasteiger partial charge in [0.25, 0.3) is 5.91 Å². The molecule has 1 aromatic heterocycles. The summed E-state index contributed by atoms with van der Waals surface area (Å²) in [7, 11) is 0. The Balaban J connectivity index is 1.37. The zero-order valence-corrected chi connectivity index (χ0v) is 16.1. The molecule has 1 aromatic rings. The first-order valence-corrected chi connectivity index (χ1v) is 10.5. The maximum atomic E-state index is 12.3. The molecule has 3 N–H and O–H groups in total. The lowest BCUT2D eigenvalue weighted by molar-refractivity contribution is -1.01. The van der Waals surface area contributed by atoms with E-state index < -0.39 is 0 Å². The number of carbonyl (C=O) groups excluding carboxylic acids is 1. The van der Waals surface area contributed by atoms with Crippen LogP contribution in [0.2, 0.25) is 4.34 Å². The Hall–Kier alpha value is -0.620. The molecule has 1 amide bonds. The van der Waals surface area contributed by atoms with Gasteiger partial charge in [-0.05, 0) is 30.9 Å². The largest absolute Gasteiger partial charge is 0.348 e. The average molecular weight is 372 g/mol. The fourth-order valence-corrected chi connectivity index (χ4v) is 5.18. The molecule has 134 valence electrons. The highest BCUT2D eigenvalue weighted by Crippen LogP contribution is 2.23. The van der Waals surface area contributed by atoms with E-state index in [9.17, 15) is 4.79 Å². The Morgan fingerprint density at radius 3 is 2.58 bits per heavy atom. The molecule has 0 unspecified atom stereocenters. The van der Waals surface area contributed by atoms with Gasteiger partial charge in [0.1, 0.15) is 32.7 Å². The number of piperazine rings is 1. The van der Waals surface area contributed by atoms with Crippen LogP contribution in [0.25, 0.3) is 0 Å². The number of rotatable bonds is 5. The van der Waals surface area contributed by atoms with E-state index in [1.54, 1.807) is 16.2 Å². The van der Waals surface area contributed by atoms with Crippen LogP contribution in [0.3, 0.4) is 0 Å². The molecule has 2 atom stereocenters. The van der Waals surface area contributed by atoms with Crippen molar-refractivity contribution in [2.75, 3.05) is 32.7 Å². The van der Waals surface area contributed by atoms with Crippen molar-refractivity contribution in [3.63, 3.8) is 0 Å². The van der Waals surface area contributed by atoms with Gasteiger partial charge < -0.3 is 15.1 Å². The van der Waals surface area contributed by atoms with Gasteiger partial charge in [0, 0.05) is 6.04 Å². The van der Waals surface area contributed by atoms with Gasteiger partial charge in [0.2, 0.25) is 0 Å². The molecule has 0 aromatic carbocycles. The van der Waals surface area contributed by atoms with Crippen LogP contribution in [0, 0.1) is 5.92 Å². The molecule has 2 heterocycles. The molecule has 0 spiro atoms. The van der Waals surface area contributed by atoms with E-state index in [2.05, 4.69) is 18.3 Å². The van der Waals surface area contributed by atoms with Gasteiger partial charge in [0.05, 0.1) is 9.21 Å². The third-order valence-electron chi connectivity index (χ3n) is 5.59. The molecule has 1 saturated carbocycles. The number of thiophene rings is 1. The van der Waals surface area contributed by atoms with Crippen LogP contribution in [0.5, 0.6) is 0 Å². The quantitative estimate of drug-likeness (QED) is 0.688. The third-order valence-corrected chi connectivity index (χ3v) is 6.82. The van der Waals surface area contributed by atoms with Crippen molar-refractivity contribution in [2.45, 2.75) is 45.2 Å². The lowest BCUT2D eigenvalue weighted by atomic mass is 9.86. The van der Waals surface area contributed by atoms with Gasteiger partial charge in [-0.2, -0.15) is 0 Å². The van der Waals surface area contributed by atoms with Gasteiger partial charge in [-0.25, -0.2) is 0 Å². The number of hydrogen-bond acceptors (Lipinski definition) is 2.